The molecule has 0 saturated heterocycles. The number of rotatable bonds is 8. The molecule has 1 saturated carbocycles. The quantitative estimate of drug-likeness (QED) is 0.536. The van der Waals surface area contributed by atoms with Crippen LogP contribution in [0.4, 0.5) is 8.78 Å². The summed E-state index contributed by atoms with van der Waals surface area (Å²) in [5.74, 6) is -0.315. The molecule has 154 valence electrons. The molecular formula is C20H25F2NO5. The van der Waals surface area contributed by atoms with E-state index in [1.165, 1.54) is 31.4 Å². The van der Waals surface area contributed by atoms with Crippen LogP contribution >= 0.6 is 0 Å². The highest BCUT2D eigenvalue weighted by atomic mass is 19.3. The van der Waals surface area contributed by atoms with Gasteiger partial charge in [-0.1, -0.05) is 13.0 Å². The predicted molar refractivity (Wildman–Crippen MR) is 99.2 cm³/mol. The van der Waals surface area contributed by atoms with Crippen molar-refractivity contribution in [2.75, 3.05) is 13.7 Å². The highest BCUT2D eigenvalue weighted by Gasteiger charge is 2.20. The zero-order valence-corrected chi connectivity index (χ0v) is 16.0. The first-order valence-electron chi connectivity index (χ1n) is 9.14. The number of amides is 1. The summed E-state index contributed by atoms with van der Waals surface area (Å²) in [6.07, 6.45) is 6.62. The van der Waals surface area contributed by atoms with Crippen molar-refractivity contribution >= 4 is 18.0 Å². The Balaban J connectivity index is 1.80. The number of carbonyl (C=O) groups is 2. The molecule has 0 atom stereocenters. The van der Waals surface area contributed by atoms with Crippen molar-refractivity contribution in [3.63, 3.8) is 0 Å². The van der Waals surface area contributed by atoms with Crippen LogP contribution in [-0.4, -0.2) is 38.2 Å². The lowest BCUT2D eigenvalue weighted by molar-refractivity contribution is -0.144. The van der Waals surface area contributed by atoms with Crippen molar-refractivity contribution in [3.05, 3.63) is 29.8 Å². The van der Waals surface area contributed by atoms with Gasteiger partial charge in [-0.25, -0.2) is 4.79 Å². The van der Waals surface area contributed by atoms with Crippen LogP contribution < -0.4 is 14.8 Å². The first-order chi connectivity index (χ1) is 13.4. The van der Waals surface area contributed by atoms with Crippen molar-refractivity contribution in [1.29, 1.82) is 0 Å². The molecule has 1 aliphatic rings. The van der Waals surface area contributed by atoms with Crippen molar-refractivity contribution < 1.29 is 32.6 Å². The average Bonchev–Trinajstić information content (AvgIpc) is 2.67. The zero-order valence-electron chi connectivity index (χ0n) is 16.0. The molecule has 0 unspecified atom stereocenters. The van der Waals surface area contributed by atoms with Gasteiger partial charge in [0.05, 0.1) is 7.11 Å². The molecule has 2 rings (SSSR count). The molecule has 0 spiro atoms. The lowest BCUT2D eigenvalue weighted by Crippen LogP contribution is -2.39. The van der Waals surface area contributed by atoms with E-state index in [1.807, 2.05) is 0 Å². The van der Waals surface area contributed by atoms with Gasteiger partial charge in [0.25, 0.3) is 5.91 Å². The number of alkyl halides is 2. The van der Waals surface area contributed by atoms with E-state index >= 15 is 0 Å². The van der Waals surface area contributed by atoms with E-state index in [4.69, 9.17) is 9.47 Å². The van der Waals surface area contributed by atoms with E-state index in [1.54, 1.807) is 0 Å². The number of esters is 1. The third kappa shape index (κ3) is 7.17. The minimum Gasteiger partial charge on any atom is -0.493 e. The lowest BCUT2D eigenvalue weighted by Gasteiger charge is -2.26. The average molecular weight is 397 g/mol. The normalized spacial score (nSPS) is 19.5. The van der Waals surface area contributed by atoms with Gasteiger partial charge in [0.15, 0.2) is 18.1 Å². The molecule has 6 nitrogen and oxygen atoms in total. The monoisotopic (exact) mass is 397 g/mol. The van der Waals surface area contributed by atoms with Crippen LogP contribution in [0.5, 0.6) is 11.5 Å². The minimum absolute atomic E-state index is 0.106. The Hall–Kier alpha value is -2.64. The first kappa shape index (κ1) is 21.7. The van der Waals surface area contributed by atoms with E-state index < -0.39 is 12.6 Å². The number of carbonyl (C=O) groups excluding carboxylic acids is 2. The van der Waals surface area contributed by atoms with Gasteiger partial charge < -0.3 is 19.5 Å². The lowest BCUT2D eigenvalue weighted by atomic mass is 9.87. The van der Waals surface area contributed by atoms with Gasteiger partial charge in [-0.15, -0.1) is 0 Å². The Labute approximate surface area is 162 Å². The fourth-order valence-corrected chi connectivity index (χ4v) is 3.00. The number of hydrogen-bond donors (Lipinski definition) is 1. The smallest absolute Gasteiger partial charge is 0.387 e. The Morgan fingerprint density at radius 1 is 1.21 bits per heavy atom. The minimum atomic E-state index is -2.96. The molecule has 1 amide bonds. The maximum atomic E-state index is 12.3. The number of nitrogens with one attached hydrogen (secondary N) is 1. The van der Waals surface area contributed by atoms with Crippen LogP contribution in [-0.2, 0) is 14.3 Å². The summed E-state index contributed by atoms with van der Waals surface area (Å²) >= 11 is 0. The molecular weight excluding hydrogens is 372 g/mol. The Bertz CT molecular complexity index is 700. The van der Waals surface area contributed by atoms with Crippen molar-refractivity contribution in [2.45, 2.75) is 45.3 Å². The van der Waals surface area contributed by atoms with Crippen LogP contribution in [0.15, 0.2) is 24.3 Å². The summed E-state index contributed by atoms with van der Waals surface area (Å²) < 4.78 is 38.9. The summed E-state index contributed by atoms with van der Waals surface area (Å²) in [7, 11) is 1.32. The molecule has 1 aromatic rings. The Morgan fingerprint density at radius 2 is 1.93 bits per heavy atom. The summed E-state index contributed by atoms with van der Waals surface area (Å²) in [5.41, 5.74) is 0.524. The van der Waals surface area contributed by atoms with E-state index in [2.05, 4.69) is 17.0 Å². The van der Waals surface area contributed by atoms with Gasteiger partial charge >= 0.3 is 12.6 Å². The second-order valence-corrected chi connectivity index (χ2v) is 6.75. The van der Waals surface area contributed by atoms with Gasteiger partial charge in [-0.2, -0.15) is 8.78 Å². The van der Waals surface area contributed by atoms with Crippen molar-refractivity contribution in [2.24, 2.45) is 5.92 Å². The summed E-state index contributed by atoms with van der Waals surface area (Å²) in [4.78, 5) is 23.7. The molecule has 0 aromatic heterocycles. The summed E-state index contributed by atoms with van der Waals surface area (Å²) in [6, 6.07) is 4.38. The second kappa shape index (κ2) is 10.6. The van der Waals surface area contributed by atoms with Crippen LogP contribution in [0.2, 0.25) is 0 Å². The predicted octanol–water partition coefficient (Wildman–Crippen LogP) is 3.55. The number of hydrogen-bond acceptors (Lipinski definition) is 5. The van der Waals surface area contributed by atoms with Crippen LogP contribution in [0.3, 0.4) is 0 Å². The van der Waals surface area contributed by atoms with E-state index in [9.17, 15) is 18.4 Å². The Morgan fingerprint density at radius 3 is 2.57 bits per heavy atom. The van der Waals surface area contributed by atoms with Gasteiger partial charge in [0.1, 0.15) is 0 Å². The number of ether oxygens (including phenoxy) is 3. The maximum Gasteiger partial charge on any atom is 0.387 e. The molecule has 0 aliphatic heterocycles. The highest BCUT2D eigenvalue weighted by molar-refractivity contribution is 5.89. The number of benzene rings is 1. The molecule has 0 radical (unpaired) electrons. The number of halogens is 2. The van der Waals surface area contributed by atoms with Crippen molar-refractivity contribution in [1.82, 2.24) is 5.32 Å². The standard InChI is InChI=1S/C20H25F2NO5/c1-13-3-7-15(8-4-13)23-18(24)12-27-19(25)10-6-14-5-9-16(28-20(21)22)17(11-14)26-2/h5-6,9-11,13,15,20H,3-4,7-8,12H2,1-2H3,(H,23,24)/b10-6+. The largest absolute Gasteiger partial charge is 0.493 e. The second-order valence-electron chi connectivity index (χ2n) is 6.75. The molecule has 0 heterocycles. The van der Waals surface area contributed by atoms with Gasteiger partial charge in [-0.3, -0.25) is 4.79 Å². The van der Waals surface area contributed by atoms with Crippen LogP contribution in [0.1, 0.15) is 38.2 Å². The molecule has 0 bridgehead atoms. The topological polar surface area (TPSA) is 73.9 Å². The van der Waals surface area contributed by atoms with Crippen LogP contribution in [0.25, 0.3) is 6.08 Å². The fourth-order valence-electron chi connectivity index (χ4n) is 3.00. The molecule has 8 heteroatoms. The van der Waals surface area contributed by atoms with Gasteiger partial charge in [-0.05, 0) is 55.4 Å². The molecule has 1 aromatic carbocycles. The van der Waals surface area contributed by atoms with Crippen LogP contribution in [0, 0.1) is 5.92 Å². The molecule has 1 fully saturated rings. The number of methoxy groups -OCH3 is 1. The Kier molecular flexibility index (Phi) is 8.22. The molecule has 28 heavy (non-hydrogen) atoms. The zero-order chi connectivity index (χ0) is 20.5. The van der Waals surface area contributed by atoms with Gasteiger partial charge in [0, 0.05) is 12.1 Å². The molecule has 1 aliphatic carbocycles. The third-order valence-corrected chi connectivity index (χ3v) is 4.54. The van der Waals surface area contributed by atoms with Gasteiger partial charge in [0.2, 0.25) is 0 Å². The van der Waals surface area contributed by atoms with E-state index in [-0.39, 0.29) is 30.1 Å². The maximum absolute atomic E-state index is 12.3. The SMILES string of the molecule is COc1cc(/C=C/C(=O)OCC(=O)NC2CCC(C)CC2)ccc1OC(F)F. The first-order valence-corrected chi connectivity index (χ1v) is 9.14. The van der Waals surface area contributed by atoms with E-state index in [0.717, 1.165) is 31.8 Å². The summed E-state index contributed by atoms with van der Waals surface area (Å²) in [5, 5.41) is 2.87. The molecule has 1 N–H and O–H groups in total. The third-order valence-electron chi connectivity index (χ3n) is 4.54. The van der Waals surface area contributed by atoms with E-state index in [0.29, 0.717) is 11.5 Å². The summed E-state index contributed by atoms with van der Waals surface area (Å²) in [6.45, 7) is -1.12. The fraction of sp³-hybridized carbons (Fsp3) is 0.500. The van der Waals surface area contributed by atoms with Crippen molar-refractivity contribution in [3.8, 4) is 11.5 Å². The highest BCUT2D eigenvalue weighted by Crippen LogP contribution is 2.29.